The number of halogens is 2. The molecule has 0 aliphatic heterocycles. The van der Waals surface area contributed by atoms with E-state index >= 15 is 0 Å². The van der Waals surface area contributed by atoms with Crippen molar-refractivity contribution in [1.82, 2.24) is 5.32 Å². The lowest BCUT2D eigenvalue weighted by molar-refractivity contribution is 0.622. The second-order valence-electron chi connectivity index (χ2n) is 5.47. The van der Waals surface area contributed by atoms with E-state index < -0.39 is 0 Å². The highest BCUT2D eigenvalue weighted by atomic mass is 127. The lowest BCUT2D eigenvalue weighted by Crippen LogP contribution is -2.24. The van der Waals surface area contributed by atoms with Gasteiger partial charge in [-0.05, 0) is 90.4 Å². The molecule has 1 nitrogen and oxygen atoms in total. The average Bonchev–Trinajstić information content (AvgIpc) is 2.39. The summed E-state index contributed by atoms with van der Waals surface area (Å²) in [6.45, 7) is 9.68. The van der Waals surface area contributed by atoms with Gasteiger partial charge in [-0.25, -0.2) is 0 Å². The second-order valence-corrected chi connectivity index (χ2v) is 7.57. The summed E-state index contributed by atoms with van der Waals surface area (Å²) < 4.78 is 2.42. The third-order valence-corrected chi connectivity index (χ3v) is 5.10. The molecule has 0 spiro atoms. The van der Waals surface area contributed by atoms with Gasteiger partial charge in [0.15, 0.2) is 0 Å². The van der Waals surface area contributed by atoms with Crippen molar-refractivity contribution >= 4 is 38.5 Å². The molecule has 0 heterocycles. The van der Waals surface area contributed by atoms with Gasteiger partial charge in [0.1, 0.15) is 0 Å². The molecule has 1 unspecified atom stereocenters. The summed E-state index contributed by atoms with van der Waals surface area (Å²) in [6.07, 6.45) is 0. The Morgan fingerprint density at radius 2 is 1.71 bits per heavy atom. The maximum Gasteiger partial charge on any atom is 0.0593 e. The molecule has 1 atom stereocenters. The number of benzene rings is 2. The molecule has 1 N–H and O–H groups in total. The fraction of sp³-hybridized carbons (Fsp3) is 0.333. The first kappa shape index (κ1) is 17.0. The molecule has 0 saturated heterocycles. The first-order valence-electron chi connectivity index (χ1n) is 7.20. The number of aryl methyl sites for hydroxylation is 3. The Balaban J connectivity index is 2.61. The molecule has 0 bridgehead atoms. The van der Waals surface area contributed by atoms with Crippen LogP contribution >= 0.6 is 38.5 Å². The van der Waals surface area contributed by atoms with Gasteiger partial charge in [0.25, 0.3) is 0 Å². The topological polar surface area (TPSA) is 12.0 Å². The molecular weight excluding hydrogens is 437 g/mol. The predicted octanol–water partition coefficient (Wildman–Crippen LogP) is 5.68. The standard InChI is InChI=1S/C18H21BrIN/c1-5-21-18(15-10-14(20)6-7-16(15)19)17-12(3)8-11(2)9-13(17)4/h6-10,18,21H,5H2,1-4H3. The Hall–Kier alpha value is -0.390. The zero-order valence-electron chi connectivity index (χ0n) is 12.9. The Kier molecular flexibility index (Phi) is 5.86. The molecule has 0 radical (unpaired) electrons. The van der Waals surface area contributed by atoms with Crippen LogP contribution in [-0.4, -0.2) is 6.54 Å². The van der Waals surface area contributed by atoms with E-state index in [0.29, 0.717) is 0 Å². The van der Waals surface area contributed by atoms with Crippen LogP contribution in [0.25, 0.3) is 0 Å². The minimum Gasteiger partial charge on any atom is -0.306 e. The molecule has 0 amide bonds. The van der Waals surface area contributed by atoms with Crippen molar-refractivity contribution in [1.29, 1.82) is 0 Å². The van der Waals surface area contributed by atoms with E-state index in [0.717, 1.165) is 11.0 Å². The number of hydrogen-bond donors (Lipinski definition) is 1. The molecular formula is C18H21BrIN. The summed E-state index contributed by atoms with van der Waals surface area (Å²) in [6, 6.07) is 11.3. The molecule has 2 aromatic rings. The summed E-state index contributed by atoms with van der Waals surface area (Å²) in [4.78, 5) is 0. The van der Waals surface area contributed by atoms with Gasteiger partial charge in [0.2, 0.25) is 0 Å². The first-order chi connectivity index (χ1) is 9.93. The highest BCUT2D eigenvalue weighted by Gasteiger charge is 2.20. The number of rotatable bonds is 4. The largest absolute Gasteiger partial charge is 0.306 e. The van der Waals surface area contributed by atoms with Crippen LogP contribution in [0.4, 0.5) is 0 Å². The highest BCUT2D eigenvalue weighted by Crippen LogP contribution is 2.33. The molecule has 2 aromatic carbocycles. The van der Waals surface area contributed by atoms with Crippen LogP contribution in [0.15, 0.2) is 34.8 Å². The summed E-state index contributed by atoms with van der Waals surface area (Å²) in [5.41, 5.74) is 6.73. The van der Waals surface area contributed by atoms with Crippen LogP contribution in [0.3, 0.4) is 0 Å². The number of hydrogen-bond acceptors (Lipinski definition) is 1. The fourth-order valence-electron chi connectivity index (χ4n) is 2.95. The summed E-state index contributed by atoms with van der Waals surface area (Å²) in [5.74, 6) is 0. The molecule has 0 fully saturated rings. The van der Waals surface area contributed by atoms with Gasteiger partial charge in [-0.15, -0.1) is 0 Å². The van der Waals surface area contributed by atoms with Gasteiger partial charge < -0.3 is 5.32 Å². The molecule has 112 valence electrons. The lowest BCUT2D eigenvalue weighted by Gasteiger charge is -2.25. The molecule has 2 rings (SSSR count). The van der Waals surface area contributed by atoms with Crippen LogP contribution in [-0.2, 0) is 0 Å². The van der Waals surface area contributed by atoms with Crippen LogP contribution in [0, 0.1) is 24.3 Å². The molecule has 0 aromatic heterocycles. The Labute approximate surface area is 149 Å². The van der Waals surface area contributed by atoms with Gasteiger partial charge in [-0.3, -0.25) is 0 Å². The Morgan fingerprint density at radius 3 is 2.29 bits per heavy atom. The second kappa shape index (κ2) is 7.25. The Bertz CT molecular complexity index is 629. The van der Waals surface area contributed by atoms with E-state index in [2.05, 4.69) is 102 Å². The third-order valence-electron chi connectivity index (χ3n) is 3.70. The van der Waals surface area contributed by atoms with Crippen LogP contribution in [0.2, 0.25) is 0 Å². The van der Waals surface area contributed by atoms with Gasteiger partial charge in [-0.2, -0.15) is 0 Å². The van der Waals surface area contributed by atoms with E-state index in [9.17, 15) is 0 Å². The van der Waals surface area contributed by atoms with Crippen LogP contribution < -0.4 is 5.32 Å². The fourth-order valence-corrected chi connectivity index (χ4v) is 3.94. The number of nitrogens with one attached hydrogen (secondary N) is 1. The predicted molar refractivity (Wildman–Crippen MR) is 103 cm³/mol. The van der Waals surface area contributed by atoms with E-state index in [4.69, 9.17) is 0 Å². The first-order valence-corrected chi connectivity index (χ1v) is 9.07. The van der Waals surface area contributed by atoms with E-state index in [1.807, 2.05) is 0 Å². The van der Waals surface area contributed by atoms with E-state index in [1.54, 1.807) is 0 Å². The Morgan fingerprint density at radius 1 is 1.10 bits per heavy atom. The van der Waals surface area contributed by atoms with Crippen molar-refractivity contribution in [2.75, 3.05) is 6.54 Å². The van der Waals surface area contributed by atoms with Crippen molar-refractivity contribution in [2.24, 2.45) is 0 Å². The van der Waals surface area contributed by atoms with E-state index in [-0.39, 0.29) is 6.04 Å². The zero-order valence-corrected chi connectivity index (χ0v) is 16.7. The summed E-state index contributed by atoms with van der Waals surface area (Å²) in [5, 5.41) is 3.65. The molecule has 0 aliphatic rings. The third kappa shape index (κ3) is 3.88. The van der Waals surface area contributed by atoms with Gasteiger partial charge in [-0.1, -0.05) is 40.5 Å². The van der Waals surface area contributed by atoms with Gasteiger partial charge in [0.05, 0.1) is 6.04 Å². The van der Waals surface area contributed by atoms with Gasteiger partial charge >= 0.3 is 0 Å². The monoisotopic (exact) mass is 457 g/mol. The summed E-state index contributed by atoms with van der Waals surface area (Å²) in [7, 11) is 0. The molecule has 0 aliphatic carbocycles. The highest BCUT2D eigenvalue weighted by molar-refractivity contribution is 14.1. The normalized spacial score (nSPS) is 12.5. The summed E-state index contributed by atoms with van der Waals surface area (Å²) >= 11 is 6.10. The maximum atomic E-state index is 3.72. The minimum atomic E-state index is 0.222. The minimum absolute atomic E-state index is 0.222. The van der Waals surface area contributed by atoms with Crippen molar-refractivity contribution < 1.29 is 0 Å². The molecule has 21 heavy (non-hydrogen) atoms. The smallest absolute Gasteiger partial charge is 0.0593 e. The zero-order chi connectivity index (χ0) is 15.6. The van der Waals surface area contributed by atoms with Crippen molar-refractivity contribution in [3.63, 3.8) is 0 Å². The van der Waals surface area contributed by atoms with Gasteiger partial charge in [0, 0.05) is 8.04 Å². The van der Waals surface area contributed by atoms with Crippen molar-refractivity contribution in [3.05, 3.63) is 66.2 Å². The quantitative estimate of drug-likeness (QED) is 0.582. The average molecular weight is 458 g/mol. The molecule has 3 heteroatoms. The SMILES string of the molecule is CCNC(c1cc(I)ccc1Br)c1c(C)cc(C)cc1C. The van der Waals surface area contributed by atoms with Crippen LogP contribution in [0.1, 0.15) is 40.8 Å². The van der Waals surface area contributed by atoms with Crippen LogP contribution in [0.5, 0.6) is 0 Å². The van der Waals surface area contributed by atoms with E-state index in [1.165, 1.54) is 31.4 Å². The molecule has 0 saturated carbocycles. The van der Waals surface area contributed by atoms with Crippen molar-refractivity contribution in [2.45, 2.75) is 33.7 Å². The maximum absolute atomic E-state index is 3.72. The lowest BCUT2D eigenvalue weighted by atomic mass is 9.90. The van der Waals surface area contributed by atoms with Crippen molar-refractivity contribution in [3.8, 4) is 0 Å².